The molecular weight excluding hydrogens is 492 g/mol. The molecule has 0 amide bonds. The number of hydrogen-bond acceptors (Lipinski definition) is 8. The van der Waals surface area contributed by atoms with Gasteiger partial charge in [-0.3, -0.25) is 14.9 Å². The van der Waals surface area contributed by atoms with Crippen molar-refractivity contribution in [2.45, 2.75) is 19.8 Å². The van der Waals surface area contributed by atoms with E-state index in [1.807, 2.05) is 30.3 Å². The number of nitro benzene ring substituents is 1. The molecule has 0 spiro atoms. The summed E-state index contributed by atoms with van der Waals surface area (Å²) < 4.78 is 13.2. The number of unbranched alkanes of at least 4 members (excludes halogenated alkanes) is 1. The van der Waals surface area contributed by atoms with Gasteiger partial charge in [-0.2, -0.15) is 9.50 Å². The van der Waals surface area contributed by atoms with Crippen molar-refractivity contribution < 1.29 is 14.1 Å². The summed E-state index contributed by atoms with van der Waals surface area (Å²) in [5.41, 5.74) is 1.22. The molecule has 186 valence electrons. The average molecular weight is 515 g/mol. The maximum absolute atomic E-state index is 12.8. The Bertz CT molecular complexity index is 1700. The molecule has 37 heavy (non-hydrogen) atoms. The van der Waals surface area contributed by atoms with E-state index in [0.29, 0.717) is 39.0 Å². The van der Waals surface area contributed by atoms with Crippen molar-refractivity contribution >= 4 is 40.2 Å². The highest BCUT2D eigenvalue weighted by Gasteiger charge is 2.12. The number of rotatable bonds is 9. The van der Waals surface area contributed by atoms with Crippen molar-refractivity contribution in [3.63, 3.8) is 0 Å². The maximum Gasteiger partial charge on any atom is 0.291 e. The number of aromatic nitrogens is 3. The molecular formula is C27H22N4O5S. The van der Waals surface area contributed by atoms with Crippen LogP contribution >= 0.6 is 11.3 Å². The lowest BCUT2D eigenvalue weighted by molar-refractivity contribution is -0.384. The Kier molecular flexibility index (Phi) is 6.91. The van der Waals surface area contributed by atoms with Crippen LogP contribution in [-0.2, 0) is 0 Å². The van der Waals surface area contributed by atoms with Gasteiger partial charge in [0.25, 0.3) is 11.2 Å². The fourth-order valence-corrected chi connectivity index (χ4v) is 4.48. The highest BCUT2D eigenvalue weighted by atomic mass is 32.1. The first kappa shape index (κ1) is 24.1. The third kappa shape index (κ3) is 5.49. The molecule has 10 heteroatoms. The number of nitro groups is 1. The molecule has 0 saturated heterocycles. The van der Waals surface area contributed by atoms with E-state index < -0.39 is 4.92 Å². The lowest BCUT2D eigenvalue weighted by atomic mass is 10.1. The Hall–Kier alpha value is -4.57. The number of furan rings is 1. The third-order valence-electron chi connectivity index (χ3n) is 5.51. The van der Waals surface area contributed by atoms with E-state index in [2.05, 4.69) is 17.0 Å². The Labute approximate surface area is 215 Å². The zero-order valence-corrected chi connectivity index (χ0v) is 20.7. The molecule has 0 saturated carbocycles. The van der Waals surface area contributed by atoms with Crippen LogP contribution in [0.25, 0.3) is 34.5 Å². The summed E-state index contributed by atoms with van der Waals surface area (Å²) in [6.45, 7) is 2.83. The minimum Gasteiger partial charge on any atom is -0.494 e. The quantitative estimate of drug-likeness (QED) is 0.151. The monoisotopic (exact) mass is 514 g/mol. The van der Waals surface area contributed by atoms with Crippen molar-refractivity contribution in [2.75, 3.05) is 6.61 Å². The molecule has 2 aromatic carbocycles. The minimum absolute atomic E-state index is 0.0230. The number of benzene rings is 2. The molecule has 0 N–H and O–H groups in total. The van der Waals surface area contributed by atoms with Crippen LogP contribution in [0.15, 0.2) is 69.9 Å². The van der Waals surface area contributed by atoms with Gasteiger partial charge in [-0.25, -0.2) is 0 Å². The molecule has 5 aromatic rings. The molecule has 0 radical (unpaired) electrons. The Morgan fingerprint density at radius 2 is 1.97 bits per heavy atom. The summed E-state index contributed by atoms with van der Waals surface area (Å²) in [6.07, 6.45) is 7.37. The molecule has 0 bridgehead atoms. The van der Waals surface area contributed by atoms with E-state index >= 15 is 0 Å². The Morgan fingerprint density at radius 3 is 2.73 bits per heavy atom. The fraction of sp³-hybridized carbons (Fsp3) is 0.148. The van der Waals surface area contributed by atoms with E-state index in [1.54, 1.807) is 36.4 Å². The molecule has 0 aliphatic carbocycles. The second-order valence-corrected chi connectivity index (χ2v) is 9.20. The molecule has 0 aliphatic rings. The van der Waals surface area contributed by atoms with Crippen molar-refractivity contribution in [3.8, 4) is 17.1 Å². The zero-order chi connectivity index (χ0) is 25.8. The van der Waals surface area contributed by atoms with Crippen molar-refractivity contribution in [2.24, 2.45) is 0 Å². The molecule has 0 unspecified atom stereocenters. The van der Waals surface area contributed by atoms with Gasteiger partial charge in [0.15, 0.2) is 5.82 Å². The van der Waals surface area contributed by atoms with Gasteiger partial charge in [0.1, 0.15) is 21.8 Å². The van der Waals surface area contributed by atoms with Gasteiger partial charge in [0.2, 0.25) is 4.96 Å². The smallest absolute Gasteiger partial charge is 0.291 e. The van der Waals surface area contributed by atoms with Crippen LogP contribution in [0.4, 0.5) is 5.69 Å². The number of hydrogen-bond donors (Lipinski definition) is 0. The topological polar surface area (TPSA) is 113 Å². The molecule has 0 aliphatic heterocycles. The van der Waals surface area contributed by atoms with Gasteiger partial charge >= 0.3 is 0 Å². The molecule has 9 nitrogen and oxygen atoms in total. The summed E-state index contributed by atoms with van der Waals surface area (Å²) in [5, 5.41) is 15.3. The number of fused-ring (bicyclic) bond motifs is 1. The normalized spacial score (nSPS) is 12.1. The molecule has 3 aromatic heterocycles. The van der Waals surface area contributed by atoms with Gasteiger partial charge in [-0.15, -0.1) is 5.10 Å². The first-order valence-corrected chi connectivity index (χ1v) is 12.5. The summed E-state index contributed by atoms with van der Waals surface area (Å²) in [6, 6.07) is 17.3. The van der Waals surface area contributed by atoms with E-state index in [1.165, 1.54) is 28.0 Å². The number of ether oxygens (including phenoxy) is 1. The molecule has 0 atom stereocenters. The highest BCUT2D eigenvalue weighted by Crippen LogP contribution is 2.26. The highest BCUT2D eigenvalue weighted by molar-refractivity contribution is 7.15. The Balaban J connectivity index is 1.32. The average Bonchev–Trinajstić information content (AvgIpc) is 3.61. The van der Waals surface area contributed by atoms with Crippen molar-refractivity contribution in [1.82, 2.24) is 14.6 Å². The maximum atomic E-state index is 12.8. The van der Waals surface area contributed by atoms with E-state index in [-0.39, 0.29) is 11.2 Å². The molecule has 5 rings (SSSR count). The summed E-state index contributed by atoms with van der Waals surface area (Å²) in [4.78, 5) is 28.3. The Morgan fingerprint density at radius 1 is 1.14 bits per heavy atom. The second kappa shape index (κ2) is 10.6. The van der Waals surface area contributed by atoms with Crippen LogP contribution < -0.4 is 14.8 Å². The zero-order valence-electron chi connectivity index (χ0n) is 19.9. The summed E-state index contributed by atoms with van der Waals surface area (Å²) in [7, 11) is 0. The largest absolute Gasteiger partial charge is 0.494 e. The van der Waals surface area contributed by atoms with Crippen LogP contribution in [0.1, 0.15) is 36.9 Å². The fourth-order valence-electron chi connectivity index (χ4n) is 3.59. The lowest BCUT2D eigenvalue weighted by Gasteiger charge is -2.04. The van der Waals surface area contributed by atoms with Gasteiger partial charge in [-0.1, -0.05) is 55.0 Å². The predicted molar refractivity (Wildman–Crippen MR) is 142 cm³/mol. The van der Waals surface area contributed by atoms with E-state index in [0.717, 1.165) is 24.2 Å². The minimum atomic E-state index is -0.457. The van der Waals surface area contributed by atoms with Gasteiger partial charge in [0.05, 0.1) is 11.5 Å². The van der Waals surface area contributed by atoms with E-state index in [9.17, 15) is 14.9 Å². The first-order valence-electron chi connectivity index (χ1n) is 11.7. The van der Waals surface area contributed by atoms with Crippen molar-refractivity contribution in [3.05, 3.63) is 103 Å². The second-order valence-electron chi connectivity index (χ2n) is 8.19. The number of non-ortho nitro benzene ring substituents is 1. The summed E-state index contributed by atoms with van der Waals surface area (Å²) in [5.74, 6) is 2.18. The standard InChI is InChI=1S/C27H22N4O5S/c1-2-3-15-35-21-10-7-18(8-11-21)9-14-25-28-27-30(29-25)26(32)24(37-27)17-22-12-13-23(36-22)19-5-4-6-20(16-19)31(33)34/h4-14,16-17H,2-3,15H2,1H3/b14-9+,24-17-. The van der Waals surface area contributed by atoms with Crippen LogP contribution in [0.3, 0.4) is 0 Å². The lowest BCUT2D eigenvalue weighted by Crippen LogP contribution is -2.23. The van der Waals surface area contributed by atoms with Gasteiger partial charge in [0, 0.05) is 23.8 Å². The SMILES string of the molecule is CCCCOc1ccc(/C=C/c2nc3s/c(=C\c4ccc(-c5cccc([N+](=O)[O-])c5)o4)c(=O)n3n2)cc1. The first-order chi connectivity index (χ1) is 18.0. The molecule has 0 fully saturated rings. The number of nitrogens with zero attached hydrogens (tertiary/aromatic N) is 4. The third-order valence-corrected chi connectivity index (χ3v) is 6.47. The predicted octanol–water partition coefficient (Wildman–Crippen LogP) is 5.22. The van der Waals surface area contributed by atoms with Gasteiger partial charge < -0.3 is 9.15 Å². The summed E-state index contributed by atoms with van der Waals surface area (Å²) >= 11 is 1.21. The van der Waals surface area contributed by atoms with Crippen LogP contribution in [0.5, 0.6) is 5.75 Å². The van der Waals surface area contributed by atoms with Crippen LogP contribution in [0.2, 0.25) is 0 Å². The van der Waals surface area contributed by atoms with Gasteiger partial charge in [-0.05, 0) is 42.3 Å². The molecule has 3 heterocycles. The van der Waals surface area contributed by atoms with E-state index in [4.69, 9.17) is 9.15 Å². The van der Waals surface area contributed by atoms with Crippen LogP contribution in [0, 0.1) is 10.1 Å². The van der Waals surface area contributed by atoms with Crippen molar-refractivity contribution in [1.29, 1.82) is 0 Å². The van der Waals surface area contributed by atoms with Crippen LogP contribution in [-0.4, -0.2) is 26.1 Å². The number of thiazole rings is 1.